The van der Waals surface area contributed by atoms with E-state index in [1.807, 2.05) is 0 Å². The van der Waals surface area contributed by atoms with Gasteiger partial charge in [-0.15, -0.1) is 0 Å². The lowest BCUT2D eigenvalue weighted by molar-refractivity contribution is -0.0498. The van der Waals surface area contributed by atoms with Crippen LogP contribution < -0.4 is 0 Å². The second-order valence-electron chi connectivity index (χ2n) is 1.86. The summed E-state index contributed by atoms with van der Waals surface area (Å²) >= 11 is 0. The van der Waals surface area contributed by atoms with Crippen LogP contribution in [-0.2, 0) is 9.16 Å². The third-order valence-corrected chi connectivity index (χ3v) is 1.44. The first-order valence-electron chi connectivity index (χ1n) is 2.50. The highest BCUT2D eigenvalue weighted by Gasteiger charge is 2.16. The molecule has 0 amide bonds. The first kappa shape index (κ1) is 5.28. The van der Waals surface area contributed by atoms with Crippen LogP contribution in [0.15, 0.2) is 0 Å². The second kappa shape index (κ2) is 2.45. The van der Waals surface area contributed by atoms with Crippen LogP contribution in [0.25, 0.3) is 0 Å². The Balaban J connectivity index is 1.93. The normalized spacial score (nSPS) is 22.3. The maximum absolute atomic E-state index is 5.00. The summed E-state index contributed by atoms with van der Waals surface area (Å²) in [4.78, 5) is 0. The fourth-order valence-corrected chi connectivity index (χ4v) is 1.09. The number of rotatable bonds is 2. The Morgan fingerprint density at radius 1 is 1.71 bits per heavy atom. The molecule has 2 nitrogen and oxygen atoms in total. The van der Waals surface area contributed by atoms with Gasteiger partial charge < -0.3 is 9.16 Å². The fraction of sp³-hybridized carbons (Fsp3) is 1.00. The van der Waals surface area contributed by atoms with Crippen molar-refractivity contribution >= 4 is 10.5 Å². The zero-order valence-corrected chi connectivity index (χ0v) is 6.52. The van der Waals surface area contributed by atoms with Crippen LogP contribution in [0.1, 0.15) is 0 Å². The van der Waals surface area contributed by atoms with Crippen molar-refractivity contribution < 1.29 is 9.16 Å². The number of ether oxygens (including phenoxy) is 1. The Hall–Kier alpha value is 0.137. The van der Waals surface area contributed by atoms with Crippen LogP contribution >= 0.6 is 0 Å². The van der Waals surface area contributed by atoms with Crippen molar-refractivity contribution in [1.29, 1.82) is 0 Å². The molecule has 1 heterocycles. The Labute approximate surface area is 46.3 Å². The van der Waals surface area contributed by atoms with Crippen LogP contribution in [0.4, 0.5) is 0 Å². The van der Waals surface area contributed by atoms with Gasteiger partial charge in [0.05, 0.1) is 13.2 Å². The Bertz CT molecular complexity index is 53.7. The van der Waals surface area contributed by atoms with E-state index in [1.165, 1.54) is 0 Å². The zero-order chi connectivity index (χ0) is 5.11. The molecule has 0 aromatic carbocycles. The molecule has 0 bridgehead atoms. The summed E-state index contributed by atoms with van der Waals surface area (Å²) in [6, 6.07) is 0. The standard InChI is InChI=1S/C4H10O2Si/c7-6-3-4-1-5-2-4/h4H,1-3H2,7H3. The molecule has 0 aliphatic carbocycles. The van der Waals surface area contributed by atoms with Crippen LogP contribution in [-0.4, -0.2) is 30.3 Å². The summed E-state index contributed by atoms with van der Waals surface area (Å²) in [5, 5.41) is 0. The van der Waals surface area contributed by atoms with E-state index in [-0.39, 0.29) is 0 Å². The minimum absolute atomic E-state index is 0.720. The minimum atomic E-state index is 0.720. The van der Waals surface area contributed by atoms with E-state index in [2.05, 4.69) is 0 Å². The summed E-state index contributed by atoms with van der Waals surface area (Å²) in [5.41, 5.74) is 0. The van der Waals surface area contributed by atoms with Crippen LogP contribution in [0.5, 0.6) is 0 Å². The summed E-state index contributed by atoms with van der Waals surface area (Å²) in [5.74, 6) is 0.720. The van der Waals surface area contributed by atoms with E-state index in [1.54, 1.807) is 0 Å². The van der Waals surface area contributed by atoms with Crippen molar-refractivity contribution in [2.45, 2.75) is 0 Å². The van der Waals surface area contributed by atoms with Gasteiger partial charge >= 0.3 is 0 Å². The summed E-state index contributed by atoms with van der Waals surface area (Å²) in [7, 11) is 0.870. The van der Waals surface area contributed by atoms with Gasteiger partial charge in [-0.1, -0.05) is 0 Å². The molecule has 1 rings (SSSR count). The summed E-state index contributed by atoms with van der Waals surface area (Å²) < 4.78 is 9.93. The van der Waals surface area contributed by atoms with E-state index in [0.29, 0.717) is 0 Å². The van der Waals surface area contributed by atoms with Gasteiger partial charge in [0, 0.05) is 12.5 Å². The molecule has 3 heteroatoms. The monoisotopic (exact) mass is 118 g/mol. The molecule has 42 valence electrons. The van der Waals surface area contributed by atoms with Gasteiger partial charge in [-0.05, 0) is 0 Å². The SMILES string of the molecule is [SiH3]OCC1COC1. The lowest BCUT2D eigenvalue weighted by atomic mass is 10.1. The molecule has 7 heavy (non-hydrogen) atoms. The lowest BCUT2D eigenvalue weighted by Crippen LogP contribution is -2.31. The van der Waals surface area contributed by atoms with Gasteiger partial charge in [0.1, 0.15) is 10.5 Å². The number of hydrogen-bond donors (Lipinski definition) is 0. The molecule has 0 aromatic rings. The van der Waals surface area contributed by atoms with Crippen molar-refractivity contribution in [3.8, 4) is 0 Å². The van der Waals surface area contributed by atoms with Gasteiger partial charge in [-0.3, -0.25) is 0 Å². The van der Waals surface area contributed by atoms with Crippen LogP contribution in [0, 0.1) is 5.92 Å². The predicted molar refractivity (Wildman–Crippen MR) is 30.2 cm³/mol. The Kier molecular flexibility index (Phi) is 1.84. The molecule has 1 fully saturated rings. The average Bonchev–Trinajstić information content (AvgIpc) is 1.55. The summed E-state index contributed by atoms with van der Waals surface area (Å²) in [6.07, 6.45) is 0. The Morgan fingerprint density at radius 3 is 2.57 bits per heavy atom. The lowest BCUT2D eigenvalue weighted by Gasteiger charge is -2.24. The molecular weight excluding hydrogens is 108 g/mol. The topological polar surface area (TPSA) is 18.5 Å². The molecule has 0 radical (unpaired) electrons. The molecule has 1 saturated heterocycles. The quantitative estimate of drug-likeness (QED) is 0.430. The molecule has 0 saturated carbocycles. The third-order valence-electron chi connectivity index (χ3n) is 1.11. The first-order chi connectivity index (χ1) is 3.43. The van der Waals surface area contributed by atoms with Gasteiger partial charge in [-0.25, -0.2) is 0 Å². The van der Waals surface area contributed by atoms with Crippen molar-refractivity contribution in [3.05, 3.63) is 0 Å². The van der Waals surface area contributed by atoms with Gasteiger partial charge in [0.15, 0.2) is 0 Å². The molecule has 0 aromatic heterocycles. The minimum Gasteiger partial charge on any atom is -0.427 e. The van der Waals surface area contributed by atoms with Crippen molar-refractivity contribution in [2.24, 2.45) is 5.92 Å². The highest BCUT2D eigenvalue weighted by Crippen LogP contribution is 2.08. The van der Waals surface area contributed by atoms with E-state index >= 15 is 0 Å². The highest BCUT2D eigenvalue weighted by molar-refractivity contribution is 5.97. The molecule has 0 atom stereocenters. The van der Waals surface area contributed by atoms with E-state index in [0.717, 1.165) is 36.2 Å². The largest absolute Gasteiger partial charge is 0.427 e. The van der Waals surface area contributed by atoms with Crippen LogP contribution in [0.3, 0.4) is 0 Å². The maximum Gasteiger partial charge on any atom is 0.145 e. The van der Waals surface area contributed by atoms with Crippen molar-refractivity contribution in [1.82, 2.24) is 0 Å². The van der Waals surface area contributed by atoms with Gasteiger partial charge in [0.25, 0.3) is 0 Å². The molecule has 0 spiro atoms. The molecule has 0 N–H and O–H groups in total. The molecule has 0 unspecified atom stereocenters. The highest BCUT2D eigenvalue weighted by atomic mass is 28.2. The average molecular weight is 118 g/mol. The first-order valence-corrected chi connectivity index (χ1v) is 3.32. The predicted octanol–water partition coefficient (Wildman–Crippen LogP) is -1.07. The smallest absolute Gasteiger partial charge is 0.145 e. The van der Waals surface area contributed by atoms with Crippen molar-refractivity contribution in [2.75, 3.05) is 19.8 Å². The van der Waals surface area contributed by atoms with Gasteiger partial charge in [-0.2, -0.15) is 0 Å². The fourth-order valence-electron chi connectivity index (χ4n) is 0.616. The van der Waals surface area contributed by atoms with Crippen LogP contribution in [0.2, 0.25) is 0 Å². The zero-order valence-electron chi connectivity index (χ0n) is 4.52. The van der Waals surface area contributed by atoms with E-state index in [4.69, 9.17) is 9.16 Å². The molecule has 1 aliphatic rings. The van der Waals surface area contributed by atoms with Crippen molar-refractivity contribution in [3.63, 3.8) is 0 Å². The second-order valence-corrected chi connectivity index (χ2v) is 2.44. The van der Waals surface area contributed by atoms with E-state index < -0.39 is 0 Å². The van der Waals surface area contributed by atoms with E-state index in [9.17, 15) is 0 Å². The molecular formula is C4H10O2Si. The Morgan fingerprint density at radius 2 is 2.43 bits per heavy atom. The molecule has 1 aliphatic heterocycles. The number of hydrogen-bond acceptors (Lipinski definition) is 2. The third kappa shape index (κ3) is 1.26. The van der Waals surface area contributed by atoms with Gasteiger partial charge in [0.2, 0.25) is 0 Å². The maximum atomic E-state index is 5.00. The summed E-state index contributed by atoms with van der Waals surface area (Å²) in [6.45, 7) is 2.76.